The van der Waals surface area contributed by atoms with Crippen LogP contribution in [0.25, 0.3) is 0 Å². The molecular weight excluding hydrogens is 298 g/mol. The largest absolute Gasteiger partial charge is 0.341 e. The second-order valence-electron chi connectivity index (χ2n) is 4.21. The third-order valence-electron chi connectivity index (χ3n) is 2.17. The van der Waals surface area contributed by atoms with Gasteiger partial charge in [-0.15, -0.1) is 0 Å². The highest BCUT2D eigenvalue weighted by atomic mass is 79.9. The average Bonchev–Trinajstić information content (AvgIpc) is 2.30. The summed E-state index contributed by atoms with van der Waals surface area (Å²) in [5.74, 6) is -0.130. The molecule has 0 unspecified atom stereocenters. The Bertz CT molecular complexity index is 438. The first-order valence-corrected chi connectivity index (χ1v) is 6.21. The molecule has 1 rings (SSSR count). The van der Waals surface area contributed by atoms with Crippen LogP contribution >= 0.6 is 15.9 Å². The van der Waals surface area contributed by atoms with E-state index in [2.05, 4.69) is 31.9 Å². The molecule has 1 aromatic carbocycles. The lowest BCUT2D eigenvalue weighted by atomic mass is 10.2. The fourth-order valence-corrected chi connectivity index (χ4v) is 1.21. The first-order valence-electron chi connectivity index (χ1n) is 5.42. The Morgan fingerprint density at radius 3 is 1.89 bits per heavy atom. The van der Waals surface area contributed by atoms with E-state index in [0.29, 0.717) is 11.4 Å². The van der Waals surface area contributed by atoms with Crippen molar-refractivity contribution < 1.29 is 9.59 Å². The minimum Gasteiger partial charge on any atom is -0.341 e. The van der Waals surface area contributed by atoms with Crippen LogP contribution in [-0.2, 0) is 4.79 Å². The molecule has 0 aromatic heterocycles. The predicted octanol–water partition coefficient (Wildman–Crippen LogP) is 2.55. The molecule has 0 atom stereocenters. The van der Waals surface area contributed by atoms with Gasteiger partial charge in [0.1, 0.15) is 0 Å². The maximum absolute atomic E-state index is 11.7. The van der Waals surface area contributed by atoms with Crippen molar-refractivity contribution in [2.75, 3.05) is 17.7 Å². The molecule has 98 valence electrons. The predicted molar refractivity (Wildman–Crippen MR) is 76.2 cm³/mol. The van der Waals surface area contributed by atoms with Crippen molar-refractivity contribution in [3.05, 3.63) is 24.3 Å². The van der Waals surface area contributed by atoms with Gasteiger partial charge >= 0.3 is 6.03 Å². The number of amides is 3. The highest BCUT2D eigenvalue weighted by Crippen LogP contribution is 2.20. The van der Waals surface area contributed by atoms with E-state index in [1.54, 1.807) is 45.2 Å². The van der Waals surface area contributed by atoms with Crippen LogP contribution in [0.15, 0.2) is 24.3 Å². The molecule has 0 fully saturated rings. The van der Waals surface area contributed by atoms with Crippen molar-refractivity contribution in [3.8, 4) is 0 Å². The number of alkyl halides is 1. The second-order valence-corrected chi connectivity index (χ2v) is 6.19. The molecule has 6 heteroatoms. The minimum absolute atomic E-state index is 0.130. The summed E-state index contributed by atoms with van der Waals surface area (Å²) < 4.78 is -0.619. The zero-order valence-corrected chi connectivity index (χ0v) is 12.1. The molecule has 1 aromatic rings. The minimum atomic E-state index is -0.619. The van der Waals surface area contributed by atoms with Crippen LogP contribution in [0.1, 0.15) is 13.8 Å². The van der Waals surface area contributed by atoms with E-state index in [1.807, 2.05) is 0 Å². The summed E-state index contributed by atoms with van der Waals surface area (Å²) in [5.41, 5.74) is 1.33. The zero-order chi connectivity index (χ0) is 13.8. The number of anilines is 2. The Hall–Kier alpha value is -1.56. The van der Waals surface area contributed by atoms with Gasteiger partial charge in [0.2, 0.25) is 5.91 Å². The summed E-state index contributed by atoms with van der Waals surface area (Å²) in [7, 11) is 1.54. The van der Waals surface area contributed by atoms with Crippen LogP contribution in [0, 0.1) is 0 Å². The van der Waals surface area contributed by atoms with Crippen LogP contribution < -0.4 is 16.0 Å². The summed E-state index contributed by atoms with van der Waals surface area (Å²) in [6.07, 6.45) is 0. The summed E-state index contributed by atoms with van der Waals surface area (Å²) >= 11 is 3.28. The Balaban J connectivity index is 2.66. The molecule has 0 spiro atoms. The van der Waals surface area contributed by atoms with Crippen molar-refractivity contribution in [3.63, 3.8) is 0 Å². The van der Waals surface area contributed by atoms with E-state index in [1.165, 1.54) is 0 Å². The Morgan fingerprint density at radius 2 is 1.50 bits per heavy atom. The van der Waals surface area contributed by atoms with Crippen LogP contribution in [0.5, 0.6) is 0 Å². The van der Waals surface area contributed by atoms with Gasteiger partial charge in [-0.05, 0) is 38.1 Å². The number of benzene rings is 1. The molecule has 3 amide bonds. The number of urea groups is 1. The molecule has 0 radical (unpaired) electrons. The van der Waals surface area contributed by atoms with E-state index in [0.717, 1.165) is 0 Å². The topological polar surface area (TPSA) is 70.2 Å². The molecule has 0 aliphatic heterocycles. The van der Waals surface area contributed by atoms with Crippen LogP contribution in [0.4, 0.5) is 16.2 Å². The Labute approximate surface area is 114 Å². The second kappa shape index (κ2) is 5.86. The van der Waals surface area contributed by atoms with E-state index in [9.17, 15) is 9.59 Å². The molecule has 0 saturated heterocycles. The maximum atomic E-state index is 11.7. The van der Waals surface area contributed by atoms with Crippen LogP contribution in [0.3, 0.4) is 0 Å². The lowest BCUT2D eigenvalue weighted by Gasteiger charge is -2.16. The quantitative estimate of drug-likeness (QED) is 0.750. The highest BCUT2D eigenvalue weighted by Gasteiger charge is 2.23. The van der Waals surface area contributed by atoms with Gasteiger partial charge in [0.15, 0.2) is 0 Å². The molecule has 0 bridgehead atoms. The number of hydrogen-bond acceptors (Lipinski definition) is 2. The number of halogens is 1. The summed E-state index contributed by atoms with van der Waals surface area (Å²) in [6.45, 7) is 3.54. The molecular formula is C12H16BrN3O2. The van der Waals surface area contributed by atoms with Crippen LogP contribution in [-0.4, -0.2) is 23.3 Å². The molecule has 0 heterocycles. The molecule has 18 heavy (non-hydrogen) atoms. The van der Waals surface area contributed by atoms with E-state index < -0.39 is 4.32 Å². The van der Waals surface area contributed by atoms with Gasteiger partial charge in [-0.25, -0.2) is 4.79 Å². The van der Waals surface area contributed by atoms with Crippen LogP contribution in [0.2, 0.25) is 0 Å². The van der Waals surface area contributed by atoms with Crippen molar-refractivity contribution >= 4 is 39.2 Å². The Kier molecular flexibility index (Phi) is 4.72. The van der Waals surface area contributed by atoms with Gasteiger partial charge in [0.05, 0.1) is 4.32 Å². The van der Waals surface area contributed by atoms with Gasteiger partial charge in [0.25, 0.3) is 0 Å². The molecule has 5 nitrogen and oxygen atoms in total. The van der Waals surface area contributed by atoms with Gasteiger partial charge in [-0.1, -0.05) is 15.9 Å². The third-order valence-corrected chi connectivity index (χ3v) is 2.53. The SMILES string of the molecule is CNC(=O)Nc1ccc(NC(=O)C(C)(C)Br)cc1. The van der Waals surface area contributed by atoms with Gasteiger partial charge < -0.3 is 16.0 Å². The lowest BCUT2D eigenvalue weighted by Crippen LogP contribution is -2.30. The Morgan fingerprint density at radius 1 is 1.06 bits per heavy atom. The van der Waals surface area contributed by atoms with Crippen molar-refractivity contribution in [1.82, 2.24) is 5.32 Å². The molecule has 0 aliphatic carbocycles. The molecule has 3 N–H and O–H groups in total. The number of rotatable bonds is 3. The van der Waals surface area contributed by atoms with Gasteiger partial charge in [-0.2, -0.15) is 0 Å². The van der Waals surface area contributed by atoms with E-state index >= 15 is 0 Å². The molecule has 0 aliphatic rings. The standard InChI is InChI=1S/C12H16BrN3O2/c1-12(2,13)10(17)15-8-4-6-9(7-5-8)16-11(18)14-3/h4-7H,1-3H3,(H,15,17)(H2,14,16,18). The number of carbonyl (C=O) groups is 2. The smallest absolute Gasteiger partial charge is 0.318 e. The first-order chi connectivity index (χ1) is 8.32. The fourth-order valence-electron chi connectivity index (χ4n) is 1.11. The summed E-state index contributed by atoms with van der Waals surface area (Å²) in [4.78, 5) is 22.8. The fraction of sp³-hybridized carbons (Fsp3) is 0.333. The van der Waals surface area contributed by atoms with Gasteiger partial charge in [0, 0.05) is 18.4 Å². The average molecular weight is 314 g/mol. The highest BCUT2D eigenvalue weighted by molar-refractivity contribution is 9.10. The van der Waals surface area contributed by atoms with Gasteiger partial charge in [-0.3, -0.25) is 4.79 Å². The van der Waals surface area contributed by atoms with E-state index in [-0.39, 0.29) is 11.9 Å². The van der Waals surface area contributed by atoms with Crippen molar-refractivity contribution in [2.45, 2.75) is 18.2 Å². The summed E-state index contributed by atoms with van der Waals surface area (Å²) in [5, 5.41) is 7.85. The number of nitrogens with one attached hydrogen (secondary N) is 3. The van der Waals surface area contributed by atoms with E-state index in [4.69, 9.17) is 0 Å². The molecule has 0 saturated carbocycles. The lowest BCUT2D eigenvalue weighted by molar-refractivity contribution is -0.117. The third kappa shape index (κ3) is 4.37. The van der Waals surface area contributed by atoms with Crippen molar-refractivity contribution in [2.24, 2.45) is 0 Å². The first kappa shape index (κ1) is 14.5. The monoisotopic (exact) mass is 313 g/mol. The maximum Gasteiger partial charge on any atom is 0.318 e. The zero-order valence-electron chi connectivity index (χ0n) is 10.5. The normalized spacial score (nSPS) is 10.7. The summed E-state index contributed by atoms with van der Waals surface area (Å²) in [6, 6.07) is 6.59. The number of hydrogen-bond donors (Lipinski definition) is 3. The van der Waals surface area contributed by atoms with Crippen molar-refractivity contribution in [1.29, 1.82) is 0 Å². The number of carbonyl (C=O) groups excluding carboxylic acids is 2.